The van der Waals surface area contributed by atoms with Gasteiger partial charge in [-0.2, -0.15) is 13.2 Å². The number of hydrogen-bond donors (Lipinski definition) is 1. The number of halogens is 3. The molecule has 1 N–H and O–H groups in total. The van der Waals surface area contributed by atoms with Crippen LogP contribution >= 0.6 is 0 Å². The van der Waals surface area contributed by atoms with Crippen LogP contribution in [0.25, 0.3) is 0 Å². The lowest BCUT2D eigenvalue weighted by molar-refractivity contribution is -0.137. The predicted octanol–water partition coefficient (Wildman–Crippen LogP) is 1.77. The van der Waals surface area contributed by atoms with Gasteiger partial charge in [0.2, 0.25) is 5.43 Å². The fourth-order valence-electron chi connectivity index (χ4n) is 2.94. The van der Waals surface area contributed by atoms with Crippen LogP contribution in [0.3, 0.4) is 0 Å². The maximum atomic E-state index is 12.7. The number of rotatable bonds is 5. The van der Waals surface area contributed by atoms with E-state index in [1.165, 1.54) is 35.0 Å². The fraction of sp³-hybridized carbons (Fsp3) is 0.333. The van der Waals surface area contributed by atoms with E-state index in [9.17, 15) is 27.9 Å². The van der Waals surface area contributed by atoms with Crippen LogP contribution in [0.4, 0.5) is 13.2 Å². The van der Waals surface area contributed by atoms with Crippen LogP contribution in [0.1, 0.15) is 21.6 Å². The Morgan fingerprint density at radius 3 is 2.43 bits per heavy atom. The molecule has 3 rings (SSSR count). The molecule has 0 atom stereocenters. The summed E-state index contributed by atoms with van der Waals surface area (Å²) in [5.74, 6) is -1.21. The Morgan fingerprint density at radius 1 is 1.14 bits per heavy atom. The molecule has 0 bridgehead atoms. The highest BCUT2D eigenvalue weighted by molar-refractivity contribution is 5.96. The molecule has 0 spiro atoms. The van der Waals surface area contributed by atoms with Gasteiger partial charge >= 0.3 is 6.18 Å². The van der Waals surface area contributed by atoms with Crippen LogP contribution < -0.4 is 10.4 Å². The fourth-order valence-corrected chi connectivity index (χ4v) is 2.94. The second-order valence-electron chi connectivity index (χ2n) is 6.28. The van der Waals surface area contributed by atoms with Crippen molar-refractivity contribution in [2.75, 3.05) is 31.9 Å². The summed E-state index contributed by atoms with van der Waals surface area (Å²) in [6.45, 7) is 0.738. The summed E-state index contributed by atoms with van der Waals surface area (Å²) in [6.07, 6.45) is -3.07. The molecule has 150 valence electrons. The molecule has 1 amide bonds. The van der Waals surface area contributed by atoms with Crippen molar-refractivity contribution in [3.05, 3.63) is 63.6 Å². The van der Waals surface area contributed by atoms with Gasteiger partial charge < -0.3 is 14.7 Å². The molecule has 0 fully saturated rings. The average molecular weight is 397 g/mol. The molecule has 28 heavy (non-hydrogen) atoms. The number of carbonyl (C=O) groups excluding carboxylic acids is 1. The molecule has 0 unspecified atom stereocenters. The maximum absolute atomic E-state index is 12.7. The van der Waals surface area contributed by atoms with Crippen molar-refractivity contribution in [1.29, 1.82) is 0 Å². The SMILES string of the molecule is COCCN1CN(Cc2ccc(C(F)(F)F)cc2)n2ccc(=O)c(O)c2C1=O. The van der Waals surface area contributed by atoms with Crippen molar-refractivity contribution in [3.8, 4) is 5.75 Å². The summed E-state index contributed by atoms with van der Waals surface area (Å²) in [6, 6.07) is 5.78. The second kappa shape index (κ2) is 7.55. The van der Waals surface area contributed by atoms with Crippen molar-refractivity contribution in [2.24, 2.45) is 0 Å². The smallest absolute Gasteiger partial charge is 0.416 e. The Hall–Kier alpha value is -3.01. The van der Waals surface area contributed by atoms with Gasteiger partial charge in [0.05, 0.1) is 18.7 Å². The minimum absolute atomic E-state index is 0.110. The molecule has 1 aliphatic rings. The normalized spacial score (nSPS) is 14.4. The van der Waals surface area contributed by atoms with Crippen LogP contribution in [-0.2, 0) is 17.5 Å². The molecule has 0 saturated carbocycles. The van der Waals surface area contributed by atoms with Crippen LogP contribution in [-0.4, -0.2) is 47.5 Å². The van der Waals surface area contributed by atoms with Gasteiger partial charge in [-0.25, -0.2) is 0 Å². The zero-order chi connectivity index (χ0) is 20.5. The van der Waals surface area contributed by atoms with Crippen molar-refractivity contribution in [2.45, 2.75) is 12.7 Å². The van der Waals surface area contributed by atoms with Crippen molar-refractivity contribution in [3.63, 3.8) is 0 Å². The minimum Gasteiger partial charge on any atom is -0.502 e. The summed E-state index contributed by atoms with van der Waals surface area (Å²) in [5.41, 5.74) is -1.07. The van der Waals surface area contributed by atoms with E-state index in [1.807, 2.05) is 0 Å². The monoisotopic (exact) mass is 397 g/mol. The number of benzene rings is 1. The Bertz CT molecular complexity index is 925. The topological polar surface area (TPSA) is 75.0 Å². The zero-order valence-electron chi connectivity index (χ0n) is 14.9. The van der Waals surface area contributed by atoms with E-state index < -0.39 is 28.8 Å². The first kappa shape index (κ1) is 19.7. The third kappa shape index (κ3) is 3.81. The largest absolute Gasteiger partial charge is 0.502 e. The highest BCUT2D eigenvalue weighted by Gasteiger charge is 2.33. The van der Waals surface area contributed by atoms with Gasteiger partial charge in [0.1, 0.15) is 6.67 Å². The highest BCUT2D eigenvalue weighted by Crippen LogP contribution is 2.29. The van der Waals surface area contributed by atoms with Gasteiger partial charge in [0.25, 0.3) is 5.91 Å². The van der Waals surface area contributed by atoms with Crippen LogP contribution in [0.5, 0.6) is 5.75 Å². The second-order valence-corrected chi connectivity index (χ2v) is 6.28. The van der Waals surface area contributed by atoms with Crippen LogP contribution in [0, 0.1) is 0 Å². The quantitative estimate of drug-likeness (QED) is 0.833. The van der Waals surface area contributed by atoms with E-state index >= 15 is 0 Å². The van der Waals surface area contributed by atoms with Crippen molar-refractivity contribution >= 4 is 5.91 Å². The minimum atomic E-state index is -4.43. The Labute approximate surface area is 158 Å². The van der Waals surface area contributed by atoms with Crippen molar-refractivity contribution in [1.82, 2.24) is 9.58 Å². The van der Waals surface area contributed by atoms with Crippen molar-refractivity contribution < 1.29 is 27.8 Å². The molecule has 2 heterocycles. The van der Waals surface area contributed by atoms with Gasteiger partial charge in [-0.15, -0.1) is 0 Å². The number of carbonyl (C=O) groups is 1. The molecule has 0 saturated heterocycles. The van der Waals surface area contributed by atoms with Crippen LogP contribution in [0.15, 0.2) is 41.3 Å². The average Bonchev–Trinajstić information content (AvgIpc) is 2.65. The zero-order valence-corrected chi connectivity index (χ0v) is 14.9. The number of hydrogen-bond acceptors (Lipinski definition) is 5. The lowest BCUT2D eigenvalue weighted by Gasteiger charge is -2.39. The molecule has 1 aromatic carbocycles. The number of amides is 1. The molecule has 1 aromatic heterocycles. The van der Waals surface area contributed by atoms with Gasteiger partial charge in [-0.05, 0) is 17.7 Å². The predicted molar refractivity (Wildman–Crippen MR) is 93.5 cm³/mol. The van der Waals surface area contributed by atoms with Crippen LogP contribution in [0.2, 0.25) is 0 Å². The molecule has 1 aliphatic heterocycles. The van der Waals surface area contributed by atoms with Gasteiger partial charge in [0.15, 0.2) is 11.4 Å². The number of pyridine rings is 1. The van der Waals surface area contributed by atoms with E-state index in [4.69, 9.17) is 4.74 Å². The Kier molecular flexibility index (Phi) is 5.32. The van der Waals surface area contributed by atoms with E-state index in [0.29, 0.717) is 5.56 Å². The summed E-state index contributed by atoms with van der Waals surface area (Å²) in [4.78, 5) is 25.8. The molecule has 10 heteroatoms. The number of ether oxygens (including phenoxy) is 1. The first-order chi connectivity index (χ1) is 13.2. The summed E-state index contributed by atoms with van der Waals surface area (Å²) >= 11 is 0. The number of alkyl halides is 3. The Balaban J connectivity index is 1.94. The number of aromatic hydroxyl groups is 1. The first-order valence-electron chi connectivity index (χ1n) is 8.36. The number of fused-ring (bicyclic) bond motifs is 1. The third-order valence-corrected chi connectivity index (χ3v) is 4.39. The standard InChI is InChI=1S/C18H18F3N3O4/c1-28-9-8-22-11-23(10-12-2-4-13(5-3-12)18(19,20)21)24-7-6-14(25)16(26)15(24)17(22)27/h2-7,26H,8-11H2,1H3. The Morgan fingerprint density at radius 2 is 1.82 bits per heavy atom. The number of methoxy groups -OCH3 is 1. The highest BCUT2D eigenvalue weighted by atomic mass is 19.4. The third-order valence-electron chi connectivity index (χ3n) is 4.39. The molecule has 2 aromatic rings. The van der Waals surface area contributed by atoms with Gasteiger partial charge in [-0.1, -0.05) is 12.1 Å². The summed E-state index contributed by atoms with van der Waals surface area (Å²) in [5, 5.41) is 11.7. The van der Waals surface area contributed by atoms with E-state index in [0.717, 1.165) is 18.2 Å². The summed E-state index contributed by atoms with van der Waals surface area (Å²) < 4.78 is 44.6. The van der Waals surface area contributed by atoms with E-state index in [2.05, 4.69) is 0 Å². The van der Waals surface area contributed by atoms with Gasteiger partial charge in [0, 0.05) is 25.9 Å². The molecular formula is C18H18F3N3O4. The summed E-state index contributed by atoms with van der Waals surface area (Å²) in [7, 11) is 1.48. The van der Waals surface area contributed by atoms with E-state index in [-0.39, 0.29) is 32.1 Å². The molecule has 0 radical (unpaired) electrons. The molecule has 0 aliphatic carbocycles. The lowest BCUT2D eigenvalue weighted by Crippen LogP contribution is -2.54. The van der Waals surface area contributed by atoms with Gasteiger partial charge in [-0.3, -0.25) is 19.3 Å². The lowest BCUT2D eigenvalue weighted by atomic mass is 10.1. The van der Waals surface area contributed by atoms with E-state index in [1.54, 1.807) is 5.01 Å². The number of aromatic nitrogens is 1. The molecular weight excluding hydrogens is 379 g/mol. The first-order valence-corrected chi connectivity index (χ1v) is 8.36. The number of nitrogens with zero attached hydrogens (tertiary/aromatic N) is 3. The molecule has 7 nitrogen and oxygen atoms in total. The maximum Gasteiger partial charge on any atom is 0.416 e.